The molecule has 1 aliphatic heterocycles. The lowest BCUT2D eigenvalue weighted by Gasteiger charge is -2.17. The predicted molar refractivity (Wildman–Crippen MR) is 87.6 cm³/mol. The SMILES string of the molecule is COc1cccc(N2CC(NC(=O)c3ccc(Br)o3)CC2=O)c1. The van der Waals surface area contributed by atoms with Gasteiger partial charge in [-0.15, -0.1) is 0 Å². The minimum Gasteiger partial charge on any atom is -0.497 e. The van der Waals surface area contributed by atoms with Crippen LogP contribution in [-0.2, 0) is 4.79 Å². The van der Waals surface area contributed by atoms with Crippen LogP contribution in [0.15, 0.2) is 45.5 Å². The van der Waals surface area contributed by atoms with Gasteiger partial charge in [0.1, 0.15) is 5.75 Å². The van der Waals surface area contributed by atoms with E-state index in [-0.39, 0.29) is 30.0 Å². The fourth-order valence-electron chi connectivity index (χ4n) is 2.53. The van der Waals surface area contributed by atoms with Crippen molar-refractivity contribution in [2.24, 2.45) is 0 Å². The molecule has 120 valence electrons. The van der Waals surface area contributed by atoms with E-state index in [4.69, 9.17) is 9.15 Å². The third-order valence-electron chi connectivity index (χ3n) is 3.62. The molecule has 3 rings (SSSR count). The van der Waals surface area contributed by atoms with Gasteiger partial charge in [-0.25, -0.2) is 0 Å². The van der Waals surface area contributed by atoms with Crippen LogP contribution in [0.1, 0.15) is 17.0 Å². The number of hydrogen-bond donors (Lipinski definition) is 1. The van der Waals surface area contributed by atoms with E-state index < -0.39 is 0 Å². The van der Waals surface area contributed by atoms with Gasteiger partial charge in [-0.1, -0.05) is 6.07 Å². The fraction of sp³-hybridized carbons (Fsp3) is 0.250. The Morgan fingerprint density at radius 1 is 1.39 bits per heavy atom. The molecular weight excluding hydrogens is 364 g/mol. The first-order valence-corrected chi connectivity index (χ1v) is 7.87. The van der Waals surface area contributed by atoms with E-state index in [1.54, 1.807) is 30.2 Å². The van der Waals surface area contributed by atoms with Crippen molar-refractivity contribution in [3.05, 3.63) is 46.8 Å². The Labute approximate surface area is 141 Å². The minimum atomic E-state index is -0.332. The van der Waals surface area contributed by atoms with Crippen molar-refractivity contribution >= 4 is 33.4 Å². The molecule has 0 radical (unpaired) electrons. The molecule has 0 bridgehead atoms. The average Bonchev–Trinajstić information content (AvgIpc) is 3.13. The van der Waals surface area contributed by atoms with E-state index in [1.165, 1.54) is 0 Å². The molecule has 1 saturated heterocycles. The number of nitrogens with one attached hydrogen (secondary N) is 1. The van der Waals surface area contributed by atoms with Gasteiger partial charge >= 0.3 is 0 Å². The third kappa shape index (κ3) is 3.39. The quantitative estimate of drug-likeness (QED) is 0.887. The van der Waals surface area contributed by atoms with Crippen LogP contribution in [0.4, 0.5) is 5.69 Å². The molecule has 2 aromatic rings. The molecule has 1 unspecified atom stereocenters. The van der Waals surface area contributed by atoms with Gasteiger partial charge in [0.2, 0.25) is 5.91 Å². The van der Waals surface area contributed by atoms with Crippen LogP contribution in [0.3, 0.4) is 0 Å². The summed E-state index contributed by atoms with van der Waals surface area (Å²) in [5.41, 5.74) is 0.756. The summed E-state index contributed by atoms with van der Waals surface area (Å²) in [6.45, 7) is 0.416. The summed E-state index contributed by atoms with van der Waals surface area (Å²) in [7, 11) is 1.58. The molecule has 1 aromatic heterocycles. The zero-order valence-corrected chi connectivity index (χ0v) is 14.0. The second-order valence-corrected chi connectivity index (χ2v) is 5.97. The van der Waals surface area contributed by atoms with Gasteiger partial charge < -0.3 is 19.4 Å². The lowest BCUT2D eigenvalue weighted by atomic mass is 10.2. The Morgan fingerprint density at radius 2 is 2.22 bits per heavy atom. The van der Waals surface area contributed by atoms with Crippen molar-refractivity contribution in [1.29, 1.82) is 0 Å². The number of hydrogen-bond acceptors (Lipinski definition) is 4. The molecule has 1 aromatic carbocycles. The number of amides is 2. The summed E-state index contributed by atoms with van der Waals surface area (Å²) in [6, 6.07) is 10.3. The zero-order valence-electron chi connectivity index (χ0n) is 12.4. The number of carbonyl (C=O) groups is 2. The highest BCUT2D eigenvalue weighted by Gasteiger charge is 2.32. The molecule has 7 heteroatoms. The monoisotopic (exact) mass is 378 g/mol. The maximum absolute atomic E-state index is 12.2. The van der Waals surface area contributed by atoms with Crippen LogP contribution in [0, 0.1) is 0 Å². The molecule has 0 saturated carbocycles. The smallest absolute Gasteiger partial charge is 0.287 e. The van der Waals surface area contributed by atoms with Gasteiger partial charge in [-0.05, 0) is 40.2 Å². The second kappa shape index (κ2) is 6.45. The van der Waals surface area contributed by atoms with Gasteiger partial charge in [-0.3, -0.25) is 9.59 Å². The van der Waals surface area contributed by atoms with E-state index in [0.29, 0.717) is 17.0 Å². The van der Waals surface area contributed by atoms with Gasteiger partial charge in [-0.2, -0.15) is 0 Å². The van der Waals surface area contributed by atoms with Crippen LogP contribution in [-0.4, -0.2) is 31.5 Å². The number of rotatable bonds is 4. The maximum atomic E-state index is 12.2. The molecule has 2 amide bonds. The zero-order chi connectivity index (χ0) is 16.4. The van der Waals surface area contributed by atoms with E-state index in [9.17, 15) is 9.59 Å². The van der Waals surface area contributed by atoms with Crippen molar-refractivity contribution in [3.8, 4) is 5.75 Å². The normalized spacial score (nSPS) is 17.4. The first-order chi connectivity index (χ1) is 11.1. The summed E-state index contributed by atoms with van der Waals surface area (Å²) < 4.78 is 10.9. The topological polar surface area (TPSA) is 71.8 Å². The molecule has 1 N–H and O–H groups in total. The molecule has 1 aliphatic rings. The highest BCUT2D eigenvalue weighted by atomic mass is 79.9. The van der Waals surface area contributed by atoms with Crippen LogP contribution < -0.4 is 15.0 Å². The number of halogens is 1. The van der Waals surface area contributed by atoms with Crippen molar-refractivity contribution in [1.82, 2.24) is 5.32 Å². The Hall–Kier alpha value is -2.28. The molecule has 23 heavy (non-hydrogen) atoms. The molecular formula is C16H15BrN2O4. The Kier molecular flexibility index (Phi) is 4.38. The van der Waals surface area contributed by atoms with E-state index >= 15 is 0 Å². The van der Waals surface area contributed by atoms with Crippen molar-refractivity contribution in [3.63, 3.8) is 0 Å². The van der Waals surface area contributed by atoms with Crippen LogP contribution >= 0.6 is 15.9 Å². The first kappa shape index (κ1) is 15.6. The van der Waals surface area contributed by atoms with Crippen LogP contribution in [0.5, 0.6) is 5.75 Å². The summed E-state index contributed by atoms with van der Waals surface area (Å²) >= 11 is 3.16. The molecule has 2 heterocycles. The first-order valence-electron chi connectivity index (χ1n) is 7.07. The Bertz CT molecular complexity index is 743. The van der Waals surface area contributed by atoms with E-state index in [0.717, 1.165) is 5.69 Å². The molecule has 0 spiro atoms. The van der Waals surface area contributed by atoms with Gasteiger partial charge in [0.05, 0.1) is 13.2 Å². The van der Waals surface area contributed by atoms with Gasteiger partial charge in [0.15, 0.2) is 10.4 Å². The van der Waals surface area contributed by atoms with Crippen molar-refractivity contribution in [2.75, 3.05) is 18.6 Å². The lowest BCUT2D eigenvalue weighted by molar-refractivity contribution is -0.117. The minimum absolute atomic E-state index is 0.0378. The number of ether oxygens (including phenoxy) is 1. The fourth-order valence-corrected chi connectivity index (χ4v) is 2.83. The number of nitrogens with zero attached hydrogens (tertiary/aromatic N) is 1. The summed E-state index contributed by atoms with van der Waals surface area (Å²) in [5.74, 6) is 0.526. The number of carbonyl (C=O) groups excluding carboxylic acids is 2. The molecule has 6 nitrogen and oxygen atoms in total. The number of benzene rings is 1. The highest BCUT2D eigenvalue weighted by Crippen LogP contribution is 2.25. The standard InChI is InChI=1S/C16H15BrN2O4/c1-22-12-4-2-3-11(8-12)19-9-10(7-15(19)20)18-16(21)13-5-6-14(17)23-13/h2-6,8,10H,7,9H2,1H3,(H,18,21). The van der Waals surface area contributed by atoms with Crippen molar-refractivity contribution in [2.45, 2.75) is 12.5 Å². The Morgan fingerprint density at radius 3 is 2.91 bits per heavy atom. The number of methoxy groups -OCH3 is 1. The van der Waals surface area contributed by atoms with E-state index in [2.05, 4.69) is 21.2 Å². The Balaban J connectivity index is 1.68. The largest absolute Gasteiger partial charge is 0.497 e. The third-order valence-corrected chi connectivity index (χ3v) is 4.05. The predicted octanol–water partition coefficient (Wildman–Crippen LogP) is 2.59. The molecule has 0 aliphatic carbocycles. The lowest BCUT2D eigenvalue weighted by Crippen LogP contribution is -2.37. The summed E-state index contributed by atoms with van der Waals surface area (Å²) in [6.07, 6.45) is 0.255. The summed E-state index contributed by atoms with van der Waals surface area (Å²) in [5, 5.41) is 2.82. The van der Waals surface area contributed by atoms with Gasteiger partial charge in [0, 0.05) is 24.7 Å². The number of furan rings is 1. The van der Waals surface area contributed by atoms with E-state index in [1.807, 2.05) is 18.2 Å². The molecule has 1 atom stereocenters. The molecule has 1 fully saturated rings. The second-order valence-electron chi connectivity index (χ2n) is 5.18. The summed E-state index contributed by atoms with van der Waals surface area (Å²) in [4.78, 5) is 25.9. The van der Waals surface area contributed by atoms with Gasteiger partial charge in [0.25, 0.3) is 5.91 Å². The maximum Gasteiger partial charge on any atom is 0.287 e. The average molecular weight is 379 g/mol. The van der Waals surface area contributed by atoms with Crippen LogP contribution in [0.25, 0.3) is 0 Å². The number of anilines is 1. The van der Waals surface area contributed by atoms with Crippen LogP contribution in [0.2, 0.25) is 0 Å². The van der Waals surface area contributed by atoms with Crippen molar-refractivity contribution < 1.29 is 18.7 Å². The highest BCUT2D eigenvalue weighted by molar-refractivity contribution is 9.10.